The van der Waals surface area contributed by atoms with Crippen molar-refractivity contribution in [1.29, 1.82) is 0 Å². The third-order valence-electron chi connectivity index (χ3n) is 8.09. The van der Waals surface area contributed by atoms with Crippen LogP contribution in [-0.2, 0) is 14.5 Å². The Hall–Kier alpha value is -0.730. The number of carboxylic acid groups (broad SMARTS) is 1. The Morgan fingerprint density at radius 1 is 0.455 bits per heavy atom. The zero-order valence-electron chi connectivity index (χ0n) is 29.6. The molecule has 0 bridgehead atoms. The Bertz CT molecular complexity index is 514. The van der Waals surface area contributed by atoms with Crippen molar-refractivity contribution in [3.05, 3.63) is 0 Å². The quantitative estimate of drug-likeness (QED) is 0.0467. The van der Waals surface area contributed by atoms with Crippen LogP contribution in [0.5, 0.6) is 0 Å². The van der Waals surface area contributed by atoms with E-state index in [4.69, 9.17) is 25.0 Å². The van der Waals surface area contributed by atoms with Gasteiger partial charge in [-0.25, -0.2) is 0 Å². The Balaban J connectivity index is 0. The summed E-state index contributed by atoms with van der Waals surface area (Å²) in [6.07, 6.45) is 37.4. The summed E-state index contributed by atoms with van der Waals surface area (Å²) >= 11 is 0. The topological polar surface area (TPSA) is 99.5 Å². The number of rotatable bonds is 36. The van der Waals surface area contributed by atoms with Gasteiger partial charge in [0.1, 0.15) is 0 Å². The van der Waals surface area contributed by atoms with Gasteiger partial charge in [-0.2, -0.15) is 0 Å². The first-order valence-corrected chi connectivity index (χ1v) is 19.1. The minimum Gasteiger partial charge on any atom is -0.481 e. The van der Waals surface area contributed by atoms with E-state index in [1.807, 2.05) is 0 Å². The second-order valence-corrected chi connectivity index (χ2v) is 12.5. The van der Waals surface area contributed by atoms with Gasteiger partial charge >= 0.3 is 5.97 Å². The molecule has 0 radical (unpaired) electrons. The van der Waals surface area contributed by atoms with Gasteiger partial charge in [-0.1, -0.05) is 186 Å². The van der Waals surface area contributed by atoms with E-state index in [0.717, 1.165) is 19.3 Å². The number of carbonyl (C=O) groups is 1. The maximum absolute atomic E-state index is 10.3. The van der Waals surface area contributed by atoms with Crippen LogP contribution < -0.4 is 0 Å². The first kappa shape index (κ1) is 45.4. The van der Waals surface area contributed by atoms with Gasteiger partial charge in [0.2, 0.25) is 0 Å². The zero-order valence-corrected chi connectivity index (χ0v) is 29.6. The van der Waals surface area contributed by atoms with Crippen LogP contribution >= 0.6 is 0 Å². The van der Waals surface area contributed by atoms with Crippen LogP contribution in [0, 0.1) is 0 Å². The highest BCUT2D eigenvalue weighted by molar-refractivity contribution is 5.66. The van der Waals surface area contributed by atoms with Crippen molar-refractivity contribution in [3.8, 4) is 0 Å². The summed E-state index contributed by atoms with van der Waals surface area (Å²) in [6, 6.07) is 0. The molecule has 44 heavy (non-hydrogen) atoms. The largest absolute Gasteiger partial charge is 0.481 e. The fraction of sp³-hybridized carbons (Fsp3) is 0.973. The van der Waals surface area contributed by atoms with Gasteiger partial charge < -0.3 is 15.3 Å². The van der Waals surface area contributed by atoms with E-state index < -0.39 is 5.97 Å². The Morgan fingerprint density at radius 2 is 0.727 bits per heavy atom. The molecule has 0 unspecified atom stereocenters. The van der Waals surface area contributed by atoms with Gasteiger partial charge in [-0.05, 0) is 12.8 Å². The molecule has 0 aromatic carbocycles. The molecule has 0 aliphatic rings. The number of hydrogen-bond acceptors (Lipinski definition) is 6. The molecular formula is C37H77NO6. The first-order chi connectivity index (χ1) is 21.6. The van der Waals surface area contributed by atoms with E-state index in [1.54, 1.807) is 0 Å². The minimum absolute atomic E-state index is 0.0299. The summed E-state index contributed by atoms with van der Waals surface area (Å²) in [5.41, 5.74) is 0. The summed E-state index contributed by atoms with van der Waals surface area (Å²) in [5, 5.41) is 27.5. The number of aliphatic carboxylic acids is 1. The normalized spacial score (nSPS) is 11.2. The van der Waals surface area contributed by atoms with Gasteiger partial charge in [0.05, 0.1) is 33.0 Å². The lowest BCUT2D eigenvalue weighted by Gasteiger charge is -2.20. The van der Waals surface area contributed by atoms with Crippen LogP contribution in [0.4, 0.5) is 0 Å². The highest BCUT2D eigenvalue weighted by Crippen LogP contribution is 2.14. The molecule has 3 N–H and O–H groups in total. The smallest absolute Gasteiger partial charge is 0.303 e. The maximum Gasteiger partial charge on any atom is 0.303 e. The lowest BCUT2D eigenvalue weighted by molar-refractivity contribution is -0.371. The third-order valence-corrected chi connectivity index (χ3v) is 8.09. The molecule has 0 aromatic heterocycles. The second kappa shape index (κ2) is 42.3. The van der Waals surface area contributed by atoms with Crippen LogP contribution in [-0.4, -0.2) is 59.5 Å². The number of nitrogens with zero attached hydrogens (tertiary/aromatic N) is 1. The number of hydrogen-bond donors (Lipinski definition) is 3. The lowest BCUT2D eigenvalue weighted by Crippen LogP contribution is -2.28. The summed E-state index contributed by atoms with van der Waals surface area (Å²) < 4.78 is 0. The third kappa shape index (κ3) is 43.4. The lowest BCUT2D eigenvalue weighted by atomic mass is 10.0. The molecule has 7 heteroatoms. The number of unbranched alkanes of at least 4 members (excludes halogenated alkanes) is 26. The van der Waals surface area contributed by atoms with E-state index in [-0.39, 0.29) is 26.4 Å². The number of carboxylic acids is 1. The van der Waals surface area contributed by atoms with Crippen molar-refractivity contribution in [3.63, 3.8) is 0 Å². The van der Waals surface area contributed by atoms with E-state index in [1.165, 1.54) is 166 Å². The fourth-order valence-corrected chi connectivity index (χ4v) is 5.36. The van der Waals surface area contributed by atoms with Gasteiger partial charge in [0.25, 0.3) is 0 Å². The molecule has 0 spiro atoms. The minimum atomic E-state index is -0.655. The van der Waals surface area contributed by atoms with Crippen molar-refractivity contribution in [2.75, 3.05) is 33.0 Å². The summed E-state index contributed by atoms with van der Waals surface area (Å²) in [7, 11) is 0. The summed E-state index contributed by atoms with van der Waals surface area (Å²) in [6.45, 7) is 5.61. The maximum atomic E-state index is 10.3. The van der Waals surface area contributed by atoms with E-state index in [2.05, 4.69) is 13.8 Å². The average Bonchev–Trinajstić information content (AvgIpc) is 3.02. The van der Waals surface area contributed by atoms with Gasteiger partial charge in [-0.3, -0.25) is 14.5 Å². The van der Waals surface area contributed by atoms with Gasteiger partial charge in [0.15, 0.2) is 0 Å². The van der Waals surface area contributed by atoms with Gasteiger partial charge in [-0.15, -0.1) is 0 Å². The Morgan fingerprint density at radius 3 is 1.00 bits per heavy atom. The monoisotopic (exact) mass is 632 g/mol. The number of aliphatic hydroxyl groups is 2. The van der Waals surface area contributed by atoms with Crippen molar-refractivity contribution >= 4 is 5.97 Å². The van der Waals surface area contributed by atoms with Crippen molar-refractivity contribution in [2.24, 2.45) is 0 Å². The van der Waals surface area contributed by atoms with Crippen molar-refractivity contribution in [2.45, 2.75) is 200 Å². The van der Waals surface area contributed by atoms with Gasteiger partial charge in [0, 0.05) is 6.42 Å². The standard InChI is InChI=1S/C21H45NO4.C16H32O2/c1-2-3-4-5-6-7-8-9-10-11-12-13-14-15-16-17-22(25-20-18-23)26-21-19-24;1-2-3-4-5-6-7-8-9-10-11-12-13-14-15-16(17)18/h23-24H,2-21H2,1H3;2-15H2,1H3,(H,17,18). The van der Waals surface area contributed by atoms with Crippen LogP contribution in [0.25, 0.3) is 0 Å². The van der Waals surface area contributed by atoms with Crippen molar-refractivity contribution < 1.29 is 29.8 Å². The molecule has 0 rings (SSSR count). The highest BCUT2D eigenvalue weighted by atomic mass is 16.9. The van der Waals surface area contributed by atoms with E-state index >= 15 is 0 Å². The second-order valence-electron chi connectivity index (χ2n) is 12.5. The van der Waals surface area contributed by atoms with Crippen LogP contribution in [0.2, 0.25) is 0 Å². The molecule has 0 heterocycles. The molecule has 0 fully saturated rings. The predicted octanol–water partition coefficient (Wildman–Crippen LogP) is 10.6. The predicted molar refractivity (Wildman–Crippen MR) is 186 cm³/mol. The zero-order chi connectivity index (χ0) is 32.6. The fourth-order valence-electron chi connectivity index (χ4n) is 5.36. The summed E-state index contributed by atoms with van der Waals surface area (Å²) in [5.74, 6) is -0.655. The Kier molecular flexibility index (Phi) is 43.6. The molecule has 0 amide bonds. The van der Waals surface area contributed by atoms with E-state index in [0.29, 0.717) is 13.0 Å². The van der Waals surface area contributed by atoms with Crippen LogP contribution in [0.15, 0.2) is 0 Å². The first-order valence-electron chi connectivity index (χ1n) is 19.1. The SMILES string of the molecule is CCCCCCCCCCCCCCCC(=O)O.CCCCCCCCCCCCCCCCCN(OCCO)OCCO. The molecule has 0 saturated carbocycles. The van der Waals surface area contributed by atoms with Crippen LogP contribution in [0.3, 0.4) is 0 Å². The number of hydroxylamine groups is 2. The molecule has 0 atom stereocenters. The van der Waals surface area contributed by atoms with Crippen LogP contribution in [0.1, 0.15) is 200 Å². The highest BCUT2D eigenvalue weighted by Gasteiger charge is 2.05. The molecule has 0 aromatic rings. The average molecular weight is 632 g/mol. The van der Waals surface area contributed by atoms with Crippen molar-refractivity contribution in [1.82, 2.24) is 5.23 Å². The summed E-state index contributed by atoms with van der Waals surface area (Å²) in [4.78, 5) is 20.8. The Labute approximate surface area is 273 Å². The molecular weight excluding hydrogens is 554 g/mol. The molecule has 0 aliphatic heterocycles. The van der Waals surface area contributed by atoms with E-state index in [9.17, 15) is 4.79 Å². The molecule has 7 nitrogen and oxygen atoms in total. The molecule has 0 aliphatic carbocycles. The molecule has 266 valence electrons. The molecule has 0 saturated heterocycles. The number of aliphatic hydroxyl groups excluding tert-OH is 2.